The molecule has 6 heteroatoms. The predicted molar refractivity (Wildman–Crippen MR) is 94.1 cm³/mol. The fourth-order valence-electron chi connectivity index (χ4n) is 2.73. The number of aryl methyl sites for hydroxylation is 3. The van der Waals surface area contributed by atoms with Crippen LogP contribution in [0.3, 0.4) is 0 Å². The van der Waals surface area contributed by atoms with Crippen molar-refractivity contribution in [2.75, 3.05) is 27.9 Å². The Hall–Kier alpha value is -2.21. The molecule has 0 aliphatic rings. The second kappa shape index (κ2) is 8.59. The van der Waals surface area contributed by atoms with Crippen molar-refractivity contribution in [1.82, 2.24) is 15.1 Å². The Morgan fingerprint density at radius 2 is 1.67 bits per heavy atom. The van der Waals surface area contributed by atoms with Crippen LogP contribution in [0.5, 0.6) is 17.2 Å². The number of methoxy groups -OCH3 is 3. The molecule has 1 aromatic carbocycles. The molecule has 0 bridgehead atoms. The Kier molecular flexibility index (Phi) is 6.49. The highest BCUT2D eigenvalue weighted by Crippen LogP contribution is 2.38. The molecule has 2 aromatic rings. The van der Waals surface area contributed by atoms with Crippen LogP contribution in [0.1, 0.15) is 23.4 Å². The summed E-state index contributed by atoms with van der Waals surface area (Å²) in [5.74, 6) is 1.97. The third-order valence-corrected chi connectivity index (χ3v) is 3.88. The molecule has 2 rings (SSSR count). The van der Waals surface area contributed by atoms with Crippen molar-refractivity contribution in [2.24, 2.45) is 0 Å². The van der Waals surface area contributed by atoms with Crippen LogP contribution >= 0.6 is 0 Å². The zero-order valence-corrected chi connectivity index (χ0v) is 15.2. The summed E-state index contributed by atoms with van der Waals surface area (Å²) in [4.78, 5) is 0. The third kappa shape index (κ3) is 4.41. The molecule has 0 unspecified atom stereocenters. The summed E-state index contributed by atoms with van der Waals surface area (Å²) in [5, 5.41) is 7.92. The van der Waals surface area contributed by atoms with Crippen molar-refractivity contribution in [3.8, 4) is 17.2 Å². The molecule has 0 radical (unpaired) electrons. The second-order valence-corrected chi connectivity index (χ2v) is 5.71. The van der Waals surface area contributed by atoms with E-state index in [0.717, 1.165) is 37.3 Å². The quantitative estimate of drug-likeness (QED) is 0.715. The van der Waals surface area contributed by atoms with E-state index in [2.05, 4.69) is 28.1 Å². The molecular formula is C18H27N3O3. The van der Waals surface area contributed by atoms with Crippen molar-refractivity contribution in [3.05, 3.63) is 35.2 Å². The Bertz CT molecular complexity index is 643. The van der Waals surface area contributed by atoms with Gasteiger partial charge in [-0.05, 0) is 50.6 Å². The summed E-state index contributed by atoms with van der Waals surface area (Å²) in [5.41, 5.74) is 3.37. The maximum absolute atomic E-state index is 5.38. The number of rotatable bonds is 9. The minimum absolute atomic E-state index is 0.619. The number of ether oxygens (including phenoxy) is 3. The van der Waals surface area contributed by atoms with Crippen LogP contribution in [0.2, 0.25) is 0 Å². The molecular weight excluding hydrogens is 306 g/mol. The maximum atomic E-state index is 5.38. The van der Waals surface area contributed by atoms with Gasteiger partial charge in [0, 0.05) is 18.8 Å². The Labute approximate surface area is 143 Å². The fourth-order valence-corrected chi connectivity index (χ4v) is 2.73. The van der Waals surface area contributed by atoms with Crippen LogP contribution in [0.15, 0.2) is 18.2 Å². The van der Waals surface area contributed by atoms with Crippen molar-refractivity contribution in [3.63, 3.8) is 0 Å². The summed E-state index contributed by atoms with van der Waals surface area (Å²) >= 11 is 0. The molecule has 0 amide bonds. The molecule has 132 valence electrons. The van der Waals surface area contributed by atoms with E-state index in [1.54, 1.807) is 21.3 Å². The molecule has 0 fully saturated rings. The van der Waals surface area contributed by atoms with Gasteiger partial charge < -0.3 is 19.5 Å². The molecule has 1 N–H and O–H groups in total. The second-order valence-electron chi connectivity index (χ2n) is 5.71. The van der Waals surface area contributed by atoms with Gasteiger partial charge in [-0.25, -0.2) is 0 Å². The van der Waals surface area contributed by atoms with Gasteiger partial charge in [0.1, 0.15) is 0 Å². The average Bonchev–Trinajstić information content (AvgIpc) is 2.90. The summed E-state index contributed by atoms with van der Waals surface area (Å²) in [6.07, 6.45) is 1.02. The van der Waals surface area contributed by atoms with E-state index >= 15 is 0 Å². The van der Waals surface area contributed by atoms with E-state index in [1.165, 1.54) is 5.69 Å². The van der Waals surface area contributed by atoms with E-state index in [9.17, 15) is 0 Å². The normalized spacial score (nSPS) is 10.7. The summed E-state index contributed by atoms with van der Waals surface area (Å²) in [6.45, 7) is 6.68. The first-order chi connectivity index (χ1) is 11.6. The maximum Gasteiger partial charge on any atom is 0.203 e. The first kappa shape index (κ1) is 18.1. The van der Waals surface area contributed by atoms with Crippen molar-refractivity contribution in [1.29, 1.82) is 0 Å². The van der Waals surface area contributed by atoms with Crippen LogP contribution in [-0.2, 0) is 13.1 Å². The number of nitrogens with one attached hydrogen (secondary N) is 1. The van der Waals surface area contributed by atoms with Crippen LogP contribution in [0.25, 0.3) is 0 Å². The van der Waals surface area contributed by atoms with E-state index < -0.39 is 0 Å². The van der Waals surface area contributed by atoms with Gasteiger partial charge >= 0.3 is 0 Å². The van der Waals surface area contributed by atoms with E-state index in [1.807, 2.05) is 19.1 Å². The highest BCUT2D eigenvalue weighted by atomic mass is 16.5. The van der Waals surface area contributed by atoms with Crippen LogP contribution in [-0.4, -0.2) is 37.7 Å². The topological polar surface area (TPSA) is 57.5 Å². The molecule has 0 spiro atoms. The van der Waals surface area contributed by atoms with Crippen molar-refractivity contribution < 1.29 is 14.2 Å². The number of benzene rings is 1. The summed E-state index contributed by atoms with van der Waals surface area (Å²) in [6, 6.07) is 6.04. The molecule has 24 heavy (non-hydrogen) atoms. The molecule has 0 aliphatic carbocycles. The Morgan fingerprint density at radius 3 is 2.17 bits per heavy atom. The molecule has 6 nitrogen and oxygen atoms in total. The lowest BCUT2D eigenvalue weighted by Crippen LogP contribution is -2.17. The van der Waals surface area contributed by atoms with Crippen molar-refractivity contribution >= 4 is 0 Å². The lowest BCUT2D eigenvalue weighted by Gasteiger charge is -2.14. The zero-order valence-electron chi connectivity index (χ0n) is 15.2. The fraction of sp³-hybridized carbons (Fsp3) is 0.500. The van der Waals surface area contributed by atoms with Gasteiger partial charge in [-0.3, -0.25) is 4.68 Å². The monoisotopic (exact) mass is 333 g/mol. The van der Waals surface area contributed by atoms with Gasteiger partial charge in [-0.2, -0.15) is 5.10 Å². The van der Waals surface area contributed by atoms with Gasteiger partial charge in [0.05, 0.1) is 27.0 Å². The number of hydrogen-bond donors (Lipinski definition) is 1. The molecule has 0 atom stereocenters. The SMILES string of the molecule is COc1cc(CNCCCn2nc(C)cc2C)cc(OC)c1OC. The van der Waals surface area contributed by atoms with Crippen LogP contribution in [0.4, 0.5) is 0 Å². The Morgan fingerprint density at radius 1 is 1.00 bits per heavy atom. The number of aromatic nitrogens is 2. The molecule has 0 saturated carbocycles. The van der Waals surface area contributed by atoms with Gasteiger partial charge in [0.25, 0.3) is 0 Å². The van der Waals surface area contributed by atoms with Crippen LogP contribution < -0.4 is 19.5 Å². The Balaban J connectivity index is 1.86. The molecule has 0 saturated heterocycles. The van der Waals surface area contributed by atoms with E-state index in [-0.39, 0.29) is 0 Å². The molecule has 1 aromatic heterocycles. The smallest absolute Gasteiger partial charge is 0.203 e. The first-order valence-electron chi connectivity index (χ1n) is 8.09. The van der Waals surface area contributed by atoms with Gasteiger partial charge in [-0.1, -0.05) is 0 Å². The molecule has 1 heterocycles. The van der Waals surface area contributed by atoms with Crippen molar-refractivity contribution in [2.45, 2.75) is 33.4 Å². The van der Waals surface area contributed by atoms with Gasteiger partial charge in [0.15, 0.2) is 11.5 Å². The van der Waals surface area contributed by atoms with E-state index in [4.69, 9.17) is 14.2 Å². The minimum atomic E-state index is 0.619. The average molecular weight is 333 g/mol. The lowest BCUT2D eigenvalue weighted by molar-refractivity contribution is 0.323. The number of nitrogens with zero attached hydrogens (tertiary/aromatic N) is 2. The first-order valence-corrected chi connectivity index (χ1v) is 8.09. The van der Waals surface area contributed by atoms with Gasteiger partial charge in [-0.15, -0.1) is 0 Å². The standard InChI is InChI=1S/C18H27N3O3/c1-13-9-14(2)21(20-13)8-6-7-19-12-15-10-16(22-3)18(24-5)17(11-15)23-4/h9-11,19H,6-8,12H2,1-5H3. The highest BCUT2D eigenvalue weighted by Gasteiger charge is 2.12. The molecule has 0 aliphatic heterocycles. The van der Waals surface area contributed by atoms with Crippen LogP contribution in [0, 0.1) is 13.8 Å². The zero-order chi connectivity index (χ0) is 17.5. The predicted octanol–water partition coefficient (Wildman–Crippen LogP) is 2.71. The van der Waals surface area contributed by atoms with Gasteiger partial charge in [0.2, 0.25) is 5.75 Å². The summed E-state index contributed by atoms with van der Waals surface area (Å²) in [7, 11) is 4.86. The number of hydrogen-bond acceptors (Lipinski definition) is 5. The lowest BCUT2D eigenvalue weighted by atomic mass is 10.1. The third-order valence-electron chi connectivity index (χ3n) is 3.88. The minimum Gasteiger partial charge on any atom is -0.493 e. The van der Waals surface area contributed by atoms with E-state index in [0.29, 0.717) is 17.2 Å². The highest BCUT2D eigenvalue weighted by molar-refractivity contribution is 5.53. The largest absolute Gasteiger partial charge is 0.493 e. The summed E-state index contributed by atoms with van der Waals surface area (Å²) < 4.78 is 18.1.